The fraction of sp³-hybridized carbons (Fsp3) is 0.462. The van der Waals surface area contributed by atoms with Gasteiger partial charge in [0.05, 0.1) is 24.0 Å². The molecule has 1 atom stereocenters. The summed E-state index contributed by atoms with van der Waals surface area (Å²) < 4.78 is 17.1. The van der Waals surface area contributed by atoms with Crippen molar-refractivity contribution >= 4 is 16.8 Å². The molecule has 1 unspecified atom stereocenters. The minimum Gasteiger partial charge on any atom is -0.378 e. The fourth-order valence-corrected chi connectivity index (χ4v) is 2.80. The number of carbonyl (C=O) groups excluding carboxylic acids is 1. The average Bonchev–Trinajstić information content (AvgIpc) is 2.49. The third-order valence-corrected chi connectivity index (χ3v) is 4.24. The minimum absolute atomic E-state index is 0.103. The molecular weight excluding hydrogens is 264 g/mol. The molecule has 1 aliphatic rings. The summed E-state index contributed by atoms with van der Waals surface area (Å²) in [4.78, 5) is 14.3. The molecule has 0 radical (unpaired) electrons. The standard InChI is InChI=1S/C13H18N2O3S/c16-13(15-7-9-18-10-8-15)14-6-11-19(17)12-4-2-1-3-5-12/h1-5H,6-11H2,(H,14,16). The van der Waals surface area contributed by atoms with E-state index >= 15 is 0 Å². The van der Waals surface area contributed by atoms with Crippen LogP contribution in [0, 0.1) is 0 Å². The first-order valence-corrected chi connectivity index (χ1v) is 7.63. The number of morpholine rings is 1. The molecule has 0 saturated carbocycles. The van der Waals surface area contributed by atoms with Crippen molar-refractivity contribution in [2.75, 3.05) is 38.6 Å². The Kier molecular flexibility index (Phi) is 5.35. The lowest BCUT2D eigenvalue weighted by molar-refractivity contribution is 0.0533. The van der Waals surface area contributed by atoms with Gasteiger partial charge in [0.1, 0.15) is 0 Å². The van der Waals surface area contributed by atoms with E-state index in [4.69, 9.17) is 4.74 Å². The molecule has 1 fully saturated rings. The van der Waals surface area contributed by atoms with Gasteiger partial charge in [-0.3, -0.25) is 4.21 Å². The first-order chi connectivity index (χ1) is 9.27. The molecule has 1 aromatic carbocycles. The van der Waals surface area contributed by atoms with E-state index in [9.17, 15) is 9.00 Å². The molecule has 0 bridgehead atoms. The van der Waals surface area contributed by atoms with Gasteiger partial charge in [0.2, 0.25) is 0 Å². The van der Waals surface area contributed by atoms with Crippen LogP contribution in [-0.4, -0.2) is 53.7 Å². The van der Waals surface area contributed by atoms with Crippen LogP contribution < -0.4 is 5.32 Å². The molecule has 104 valence electrons. The number of nitrogens with one attached hydrogen (secondary N) is 1. The van der Waals surface area contributed by atoms with Crippen LogP contribution in [0.3, 0.4) is 0 Å². The number of ether oxygens (including phenoxy) is 1. The molecule has 0 spiro atoms. The number of hydrogen-bond donors (Lipinski definition) is 1. The highest BCUT2D eigenvalue weighted by molar-refractivity contribution is 7.85. The van der Waals surface area contributed by atoms with Gasteiger partial charge in [0, 0.05) is 30.3 Å². The third-order valence-electron chi connectivity index (χ3n) is 2.87. The molecule has 19 heavy (non-hydrogen) atoms. The zero-order valence-electron chi connectivity index (χ0n) is 10.7. The Morgan fingerprint density at radius 2 is 1.95 bits per heavy atom. The Hall–Kier alpha value is -1.40. The SMILES string of the molecule is O=C(NCCS(=O)c1ccccc1)N1CCOCC1. The number of hydrogen-bond acceptors (Lipinski definition) is 3. The van der Waals surface area contributed by atoms with Crippen molar-refractivity contribution in [3.05, 3.63) is 30.3 Å². The lowest BCUT2D eigenvalue weighted by atomic mass is 10.4. The van der Waals surface area contributed by atoms with Crippen LogP contribution >= 0.6 is 0 Å². The Bertz CT molecular complexity index is 433. The number of urea groups is 1. The lowest BCUT2D eigenvalue weighted by Gasteiger charge is -2.26. The van der Waals surface area contributed by atoms with Crippen LogP contribution in [0.1, 0.15) is 0 Å². The van der Waals surface area contributed by atoms with Crippen LogP contribution in [0.15, 0.2) is 35.2 Å². The Morgan fingerprint density at radius 1 is 1.26 bits per heavy atom. The fourth-order valence-electron chi connectivity index (χ4n) is 1.82. The topological polar surface area (TPSA) is 58.6 Å². The van der Waals surface area contributed by atoms with E-state index < -0.39 is 10.8 Å². The van der Waals surface area contributed by atoms with Gasteiger partial charge in [-0.15, -0.1) is 0 Å². The van der Waals surface area contributed by atoms with Crippen LogP contribution in [0.5, 0.6) is 0 Å². The van der Waals surface area contributed by atoms with E-state index in [0.717, 1.165) is 4.90 Å². The Labute approximate surface area is 115 Å². The summed E-state index contributed by atoms with van der Waals surface area (Å²) in [6.07, 6.45) is 0. The largest absolute Gasteiger partial charge is 0.378 e. The maximum absolute atomic E-state index is 11.9. The Balaban J connectivity index is 1.71. The summed E-state index contributed by atoms with van der Waals surface area (Å²) in [6, 6.07) is 9.17. The van der Waals surface area contributed by atoms with Crippen molar-refractivity contribution in [2.24, 2.45) is 0 Å². The normalized spacial score (nSPS) is 16.9. The van der Waals surface area contributed by atoms with Gasteiger partial charge in [0.15, 0.2) is 0 Å². The summed E-state index contributed by atoms with van der Waals surface area (Å²) in [5.74, 6) is 0.431. The molecule has 5 nitrogen and oxygen atoms in total. The van der Waals surface area contributed by atoms with Crippen molar-refractivity contribution in [3.8, 4) is 0 Å². The van der Waals surface area contributed by atoms with E-state index in [2.05, 4.69) is 5.32 Å². The molecule has 1 aliphatic heterocycles. The summed E-state index contributed by atoms with van der Waals surface area (Å²) in [5.41, 5.74) is 0. The Morgan fingerprint density at radius 3 is 2.63 bits per heavy atom. The second-order valence-electron chi connectivity index (χ2n) is 4.19. The van der Waals surface area contributed by atoms with E-state index in [-0.39, 0.29) is 6.03 Å². The van der Waals surface area contributed by atoms with E-state index in [1.807, 2.05) is 30.3 Å². The van der Waals surface area contributed by atoms with Crippen molar-refractivity contribution in [3.63, 3.8) is 0 Å². The van der Waals surface area contributed by atoms with E-state index in [0.29, 0.717) is 38.6 Å². The molecule has 2 amide bonds. The zero-order chi connectivity index (χ0) is 13.5. The molecular formula is C13H18N2O3S. The highest BCUT2D eigenvalue weighted by Gasteiger charge is 2.16. The maximum Gasteiger partial charge on any atom is 0.317 e. The van der Waals surface area contributed by atoms with Crippen LogP contribution in [0.4, 0.5) is 4.79 Å². The van der Waals surface area contributed by atoms with Gasteiger partial charge in [0.25, 0.3) is 0 Å². The zero-order valence-corrected chi connectivity index (χ0v) is 11.5. The molecule has 1 N–H and O–H groups in total. The van der Waals surface area contributed by atoms with Gasteiger partial charge in [-0.05, 0) is 12.1 Å². The smallest absolute Gasteiger partial charge is 0.317 e. The monoisotopic (exact) mass is 282 g/mol. The predicted octanol–water partition coefficient (Wildman–Crippen LogP) is 0.836. The number of nitrogens with zero attached hydrogens (tertiary/aromatic N) is 1. The first-order valence-electron chi connectivity index (χ1n) is 6.31. The van der Waals surface area contributed by atoms with E-state index in [1.54, 1.807) is 4.90 Å². The highest BCUT2D eigenvalue weighted by atomic mass is 32.2. The van der Waals surface area contributed by atoms with Crippen molar-refractivity contribution in [1.29, 1.82) is 0 Å². The molecule has 1 aromatic rings. The first kappa shape index (κ1) is 14.0. The van der Waals surface area contributed by atoms with Gasteiger partial charge >= 0.3 is 6.03 Å². The van der Waals surface area contributed by atoms with Gasteiger partial charge in [-0.2, -0.15) is 0 Å². The lowest BCUT2D eigenvalue weighted by Crippen LogP contribution is -2.46. The summed E-state index contributed by atoms with van der Waals surface area (Å²) in [7, 11) is -1.06. The van der Waals surface area contributed by atoms with Crippen LogP contribution in [0.2, 0.25) is 0 Å². The van der Waals surface area contributed by atoms with E-state index in [1.165, 1.54) is 0 Å². The van der Waals surface area contributed by atoms with Crippen LogP contribution in [-0.2, 0) is 15.5 Å². The number of carbonyl (C=O) groups is 1. The average molecular weight is 282 g/mol. The van der Waals surface area contributed by atoms with Crippen molar-refractivity contribution in [1.82, 2.24) is 10.2 Å². The molecule has 0 aromatic heterocycles. The number of rotatable bonds is 4. The molecule has 1 heterocycles. The second-order valence-corrected chi connectivity index (χ2v) is 5.76. The second kappa shape index (κ2) is 7.25. The predicted molar refractivity (Wildman–Crippen MR) is 73.5 cm³/mol. The molecule has 1 saturated heterocycles. The summed E-state index contributed by atoms with van der Waals surface area (Å²) in [5, 5.41) is 2.79. The summed E-state index contributed by atoms with van der Waals surface area (Å²) >= 11 is 0. The van der Waals surface area contributed by atoms with Crippen molar-refractivity contribution < 1.29 is 13.7 Å². The third kappa shape index (κ3) is 4.33. The van der Waals surface area contributed by atoms with Gasteiger partial charge < -0.3 is 15.0 Å². The minimum atomic E-state index is -1.06. The van der Waals surface area contributed by atoms with Crippen molar-refractivity contribution in [2.45, 2.75) is 4.90 Å². The van der Waals surface area contributed by atoms with Crippen LogP contribution in [0.25, 0.3) is 0 Å². The number of amides is 2. The van der Waals surface area contributed by atoms with Gasteiger partial charge in [-0.25, -0.2) is 4.79 Å². The summed E-state index contributed by atoms with van der Waals surface area (Å²) in [6.45, 7) is 2.83. The highest BCUT2D eigenvalue weighted by Crippen LogP contribution is 2.04. The molecule has 6 heteroatoms. The molecule has 0 aliphatic carbocycles. The maximum atomic E-state index is 11.9. The molecule has 2 rings (SSSR count). The quantitative estimate of drug-likeness (QED) is 0.890. The van der Waals surface area contributed by atoms with Gasteiger partial charge in [-0.1, -0.05) is 18.2 Å². The number of benzene rings is 1.